The van der Waals surface area contributed by atoms with Gasteiger partial charge in [-0.3, -0.25) is 4.79 Å². The molecular weight excluding hydrogens is 170 g/mol. The molecule has 0 rings (SSSR count). The van der Waals surface area contributed by atoms with Gasteiger partial charge in [-0.2, -0.15) is 0 Å². The Bertz CT molecular complexity index is 148. The van der Waals surface area contributed by atoms with E-state index >= 15 is 0 Å². The van der Waals surface area contributed by atoms with Gasteiger partial charge in [0, 0.05) is 6.54 Å². The van der Waals surface area contributed by atoms with Crippen LogP contribution in [0.3, 0.4) is 0 Å². The predicted octanol–water partition coefficient (Wildman–Crippen LogP) is 0.285. The second kappa shape index (κ2) is 6.86. The number of aliphatic hydroxyl groups is 1. The monoisotopic (exact) mass is 189 g/mol. The first-order valence-electron chi connectivity index (χ1n) is 4.68. The Kier molecular flexibility index (Phi) is 6.54. The molecular formula is C9H19NO3. The normalized spacial score (nSPS) is 15.1. The van der Waals surface area contributed by atoms with E-state index in [0.29, 0.717) is 6.61 Å². The van der Waals surface area contributed by atoms with Gasteiger partial charge in [0.15, 0.2) is 0 Å². The third-order valence-corrected chi connectivity index (χ3v) is 1.88. The third-order valence-electron chi connectivity index (χ3n) is 1.88. The fraction of sp³-hybridized carbons (Fsp3) is 0.889. The predicted molar refractivity (Wildman–Crippen MR) is 50.1 cm³/mol. The van der Waals surface area contributed by atoms with Crippen molar-refractivity contribution in [3.05, 3.63) is 0 Å². The molecule has 0 fully saturated rings. The molecule has 4 nitrogen and oxygen atoms in total. The van der Waals surface area contributed by atoms with Gasteiger partial charge >= 0.3 is 5.97 Å². The summed E-state index contributed by atoms with van der Waals surface area (Å²) in [4.78, 5) is 11.2. The van der Waals surface area contributed by atoms with Crippen LogP contribution in [0.25, 0.3) is 0 Å². The maximum Gasteiger partial charge on any atom is 0.312 e. The summed E-state index contributed by atoms with van der Waals surface area (Å²) in [6.45, 7) is 4.10. The van der Waals surface area contributed by atoms with Gasteiger partial charge in [0.25, 0.3) is 0 Å². The highest BCUT2D eigenvalue weighted by Crippen LogP contribution is 2.04. The molecule has 0 spiro atoms. The van der Waals surface area contributed by atoms with E-state index in [9.17, 15) is 4.79 Å². The Balaban J connectivity index is 3.78. The van der Waals surface area contributed by atoms with Crippen molar-refractivity contribution in [2.75, 3.05) is 13.2 Å². The highest BCUT2D eigenvalue weighted by atomic mass is 16.5. The number of carbonyl (C=O) groups is 1. The van der Waals surface area contributed by atoms with Gasteiger partial charge in [0.2, 0.25) is 0 Å². The van der Waals surface area contributed by atoms with E-state index in [4.69, 9.17) is 15.6 Å². The van der Waals surface area contributed by atoms with Gasteiger partial charge in [0.05, 0.1) is 18.6 Å². The van der Waals surface area contributed by atoms with Gasteiger partial charge < -0.3 is 15.6 Å². The van der Waals surface area contributed by atoms with E-state index in [1.54, 1.807) is 6.92 Å². The standard InChI is InChI=1S/C9H19NO3/c1-3-4-5-13-9(12)8(6-10)7(2)11/h7-8,11H,3-6,10H2,1-2H3/t7-,8+/m1/s1. The molecule has 13 heavy (non-hydrogen) atoms. The molecule has 0 aromatic carbocycles. The van der Waals surface area contributed by atoms with Crippen molar-refractivity contribution < 1.29 is 14.6 Å². The van der Waals surface area contributed by atoms with Crippen molar-refractivity contribution in [3.63, 3.8) is 0 Å². The highest BCUT2D eigenvalue weighted by molar-refractivity contribution is 5.73. The lowest BCUT2D eigenvalue weighted by atomic mass is 10.1. The van der Waals surface area contributed by atoms with Crippen LogP contribution in [0.2, 0.25) is 0 Å². The third kappa shape index (κ3) is 4.85. The van der Waals surface area contributed by atoms with Crippen LogP contribution in [0.5, 0.6) is 0 Å². The van der Waals surface area contributed by atoms with Crippen LogP contribution in [0.4, 0.5) is 0 Å². The molecule has 0 aliphatic rings. The minimum absolute atomic E-state index is 0.128. The molecule has 3 N–H and O–H groups in total. The van der Waals surface area contributed by atoms with Crippen molar-refractivity contribution in [2.24, 2.45) is 11.7 Å². The van der Waals surface area contributed by atoms with Gasteiger partial charge in [-0.25, -0.2) is 0 Å². The second-order valence-corrected chi connectivity index (χ2v) is 3.10. The lowest BCUT2D eigenvalue weighted by molar-refractivity contribution is -0.151. The number of unbranched alkanes of at least 4 members (excludes halogenated alkanes) is 1. The first kappa shape index (κ1) is 12.4. The molecule has 0 radical (unpaired) electrons. The van der Waals surface area contributed by atoms with E-state index in [-0.39, 0.29) is 6.54 Å². The molecule has 0 aromatic rings. The molecule has 0 aliphatic heterocycles. The summed E-state index contributed by atoms with van der Waals surface area (Å²) in [6.07, 6.45) is 1.09. The summed E-state index contributed by atoms with van der Waals surface area (Å²) >= 11 is 0. The van der Waals surface area contributed by atoms with Crippen LogP contribution >= 0.6 is 0 Å². The molecule has 0 saturated carbocycles. The van der Waals surface area contributed by atoms with E-state index in [0.717, 1.165) is 12.8 Å². The number of esters is 1. The molecule has 0 aliphatic carbocycles. The van der Waals surface area contributed by atoms with Crippen molar-refractivity contribution in [2.45, 2.75) is 32.8 Å². The van der Waals surface area contributed by atoms with Crippen LogP contribution in [0.1, 0.15) is 26.7 Å². The maximum atomic E-state index is 11.2. The largest absolute Gasteiger partial charge is 0.465 e. The molecule has 2 atom stereocenters. The summed E-state index contributed by atoms with van der Waals surface area (Å²) < 4.78 is 4.92. The summed E-state index contributed by atoms with van der Waals surface area (Å²) in [7, 11) is 0. The zero-order valence-electron chi connectivity index (χ0n) is 8.32. The van der Waals surface area contributed by atoms with E-state index in [1.165, 1.54) is 0 Å². The first-order chi connectivity index (χ1) is 6.13. The fourth-order valence-corrected chi connectivity index (χ4v) is 0.914. The molecule has 78 valence electrons. The number of hydrogen-bond donors (Lipinski definition) is 2. The topological polar surface area (TPSA) is 72.5 Å². The zero-order chi connectivity index (χ0) is 10.3. The summed E-state index contributed by atoms with van der Waals surface area (Å²) in [5.74, 6) is -0.984. The van der Waals surface area contributed by atoms with Gasteiger partial charge in [0.1, 0.15) is 0 Å². The number of ether oxygens (including phenoxy) is 1. The van der Waals surface area contributed by atoms with Crippen LogP contribution in [-0.2, 0) is 9.53 Å². The quantitative estimate of drug-likeness (QED) is 0.465. The lowest BCUT2D eigenvalue weighted by Gasteiger charge is -2.16. The molecule has 4 heteroatoms. The molecule has 0 saturated heterocycles. The lowest BCUT2D eigenvalue weighted by Crippen LogP contribution is -2.34. The van der Waals surface area contributed by atoms with Gasteiger partial charge in [-0.05, 0) is 13.3 Å². The van der Waals surface area contributed by atoms with Crippen molar-refractivity contribution in [1.29, 1.82) is 0 Å². The molecule has 0 heterocycles. The Hall–Kier alpha value is -0.610. The highest BCUT2D eigenvalue weighted by Gasteiger charge is 2.23. The average Bonchev–Trinajstić information content (AvgIpc) is 2.05. The second-order valence-electron chi connectivity index (χ2n) is 3.10. The minimum Gasteiger partial charge on any atom is -0.465 e. The van der Waals surface area contributed by atoms with Gasteiger partial charge in [-0.15, -0.1) is 0 Å². The average molecular weight is 189 g/mol. The molecule has 0 aromatic heterocycles. The number of nitrogens with two attached hydrogens (primary N) is 1. The smallest absolute Gasteiger partial charge is 0.312 e. The Morgan fingerprint density at radius 1 is 1.62 bits per heavy atom. The number of aliphatic hydroxyl groups excluding tert-OH is 1. The molecule has 0 amide bonds. The fourth-order valence-electron chi connectivity index (χ4n) is 0.914. The molecule has 0 unspecified atom stereocenters. The molecule has 0 bridgehead atoms. The van der Waals surface area contributed by atoms with E-state index < -0.39 is 18.0 Å². The van der Waals surface area contributed by atoms with Crippen molar-refractivity contribution >= 4 is 5.97 Å². The maximum absolute atomic E-state index is 11.2. The zero-order valence-corrected chi connectivity index (χ0v) is 8.32. The minimum atomic E-state index is -0.737. The van der Waals surface area contributed by atoms with Crippen LogP contribution in [0.15, 0.2) is 0 Å². The SMILES string of the molecule is CCCCOC(=O)[C@@H](CN)[C@@H](C)O. The number of carbonyl (C=O) groups excluding carboxylic acids is 1. The summed E-state index contributed by atoms with van der Waals surface area (Å²) in [6, 6.07) is 0. The summed E-state index contributed by atoms with van der Waals surface area (Å²) in [5.41, 5.74) is 5.32. The van der Waals surface area contributed by atoms with Crippen LogP contribution in [-0.4, -0.2) is 30.3 Å². The Morgan fingerprint density at radius 2 is 2.23 bits per heavy atom. The van der Waals surface area contributed by atoms with Crippen molar-refractivity contribution in [3.8, 4) is 0 Å². The van der Waals surface area contributed by atoms with Crippen LogP contribution in [0, 0.1) is 5.92 Å². The Morgan fingerprint density at radius 3 is 2.62 bits per heavy atom. The Labute approximate surface area is 79.1 Å². The number of rotatable bonds is 6. The van der Waals surface area contributed by atoms with E-state index in [2.05, 4.69) is 0 Å². The van der Waals surface area contributed by atoms with Gasteiger partial charge in [-0.1, -0.05) is 13.3 Å². The summed E-state index contributed by atoms with van der Waals surface area (Å²) in [5, 5.41) is 9.16. The van der Waals surface area contributed by atoms with Crippen molar-refractivity contribution in [1.82, 2.24) is 0 Å². The van der Waals surface area contributed by atoms with E-state index in [1.807, 2.05) is 6.92 Å². The number of hydrogen-bond acceptors (Lipinski definition) is 4. The first-order valence-corrected chi connectivity index (χ1v) is 4.68. The van der Waals surface area contributed by atoms with Crippen LogP contribution < -0.4 is 5.73 Å².